The van der Waals surface area contributed by atoms with E-state index in [1.54, 1.807) is 37.4 Å². The number of amides is 2. The highest BCUT2D eigenvalue weighted by molar-refractivity contribution is 7.18. The van der Waals surface area contributed by atoms with Crippen LogP contribution in [-0.2, 0) is 19.1 Å². The predicted molar refractivity (Wildman–Crippen MR) is 106 cm³/mol. The summed E-state index contributed by atoms with van der Waals surface area (Å²) in [4.78, 5) is 48.1. The summed E-state index contributed by atoms with van der Waals surface area (Å²) < 4.78 is 9.83. The molecule has 2 amide bonds. The third-order valence-corrected chi connectivity index (χ3v) is 5.37. The summed E-state index contributed by atoms with van der Waals surface area (Å²) in [6.07, 6.45) is -0.0461. The molecule has 0 aliphatic carbocycles. The Hall–Kier alpha value is -2.72. The molecular formula is C18H20N2O6S2. The van der Waals surface area contributed by atoms with Gasteiger partial charge in [0.25, 0.3) is 11.8 Å². The molecule has 2 aromatic heterocycles. The van der Waals surface area contributed by atoms with Crippen molar-refractivity contribution in [3.8, 4) is 0 Å². The monoisotopic (exact) mass is 424 g/mol. The highest BCUT2D eigenvalue weighted by atomic mass is 32.1. The van der Waals surface area contributed by atoms with Gasteiger partial charge in [-0.2, -0.15) is 0 Å². The number of ether oxygens (including phenoxy) is 2. The Morgan fingerprint density at radius 3 is 2.64 bits per heavy atom. The highest BCUT2D eigenvalue weighted by Gasteiger charge is 2.16. The van der Waals surface area contributed by atoms with E-state index < -0.39 is 24.5 Å². The summed E-state index contributed by atoms with van der Waals surface area (Å²) in [6.45, 7) is 3.38. The molecule has 0 saturated heterocycles. The van der Waals surface area contributed by atoms with Crippen LogP contribution in [0, 0.1) is 6.92 Å². The predicted octanol–water partition coefficient (Wildman–Crippen LogP) is 2.60. The van der Waals surface area contributed by atoms with Crippen LogP contribution in [0.25, 0.3) is 0 Å². The van der Waals surface area contributed by atoms with Crippen molar-refractivity contribution in [2.45, 2.75) is 20.3 Å². The number of anilines is 1. The molecule has 0 atom stereocenters. The number of hydrogen-bond acceptors (Lipinski definition) is 8. The van der Waals surface area contributed by atoms with E-state index in [0.29, 0.717) is 20.3 Å². The van der Waals surface area contributed by atoms with Gasteiger partial charge in [0.2, 0.25) is 0 Å². The van der Waals surface area contributed by atoms with Gasteiger partial charge in [-0.3, -0.25) is 14.4 Å². The second-order valence-electron chi connectivity index (χ2n) is 5.54. The largest absolute Gasteiger partial charge is 0.462 e. The summed E-state index contributed by atoms with van der Waals surface area (Å²) in [5.41, 5.74) is 0.692. The molecule has 2 rings (SSSR count). The summed E-state index contributed by atoms with van der Waals surface area (Å²) in [5, 5.41) is 7.42. The van der Waals surface area contributed by atoms with Crippen molar-refractivity contribution in [2.24, 2.45) is 0 Å². The van der Waals surface area contributed by atoms with E-state index in [1.165, 1.54) is 11.3 Å². The molecule has 0 aliphatic heterocycles. The zero-order chi connectivity index (χ0) is 20.5. The summed E-state index contributed by atoms with van der Waals surface area (Å²) >= 11 is 2.40. The van der Waals surface area contributed by atoms with Gasteiger partial charge in [-0.25, -0.2) is 4.79 Å². The van der Waals surface area contributed by atoms with Crippen LogP contribution in [0.3, 0.4) is 0 Å². The fourth-order valence-electron chi connectivity index (χ4n) is 2.11. The van der Waals surface area contributed by atoms with Crippen LogP contribution in [0.5, 0.6) is 0 Å². The number of thiophene rings is 2. The lowest BCUT2D eigenvalue weighted by Gasteiger charge is -2.06. The first-order valence-corrected chi connectivity index (χ1v) is 10.1. The van der Waals surface area contributed by atoms with Crippen LogP contribution in [0.1, 0.15) is 38.3 Å². The number of carbonyl (C=O) groups excluding carboxylic acids is 4. The van der Waals surface area contributed by atoms with E-state index in [9.17, 15) is 19.2 Å². The first-order valence-electron chi connectivity index (χ1n) is 8.45. The molecule has 0 aromatic carbocycles. The molecule has 10 heteroatoms. The van der Waals surface area contributed by atoms with Gasteiger partial charge in [-0.15, -0.1) is 22.7 Å². The van der Waals surface area contributed by atoms with Crippen LogP contribution >= 0.6 is 22.7 Å². The minimum Gasteiger partial charge on any atom is -0.462 e. The van der Waals surface area contributed by atoms with Crippen molar-refractivity contribution >= 4 is 51.4 Å². The van der Waals surface area contributed by atoms with Gasteiger partial charge in [0.1, 0.15) is 4.88 Å². The Morgan fingerprint density at radius 1 is 1.18 bits per heavy atom. The molecule has 0 unspecified atom stereocenters. The Bertz CT molecular complexity index is 844. The lowest BCUT2D eigenvalue weighted by molar-refractivity contribution is -0.147. The van der Waals surface area contributed by atoms with Crippen molar-refractivity contribution in [3.63, 3.8) is 0 Å². The molecule has 0 fully saturated rings. The highest BCUT2D eigenvalue weighted by Crippen LogP contribution is 2.27. The number of nitrogens with one attached hydrogen (secondary N) is 2. The fourth-order valence-corrected chi connectivity index (χ4v) is 3.73. The molecule has 0 bridgehead atoms. The van der Waals surface area contributed by atoms with E-state index in [4.69, 9.17) is 9.47 Å². The lowest BCUT2D eigenvalue weighted by atomic mass is 10.3. The average molecular weight is 425 g/mol. The maximum Gasteiger partial charge on any atom is 0.348 e. The molecule has 150 valence electrons. The quantitative estimate of drug-likeness (QED) is 0.599. The van der Waals surface area contributed by atoms with Gasteiger partial charge < -0.3 is 20.1 Å². The fraction of sp³-hybridized carbons (Fsp3) is 0.333. The molecular weight excluding hydrogens is 404 g/mol. The molecule has 0 spiro atoms. The van der Waals surface area contributed by atoms with Gasteiger partial charge in [0.15, 0.2) is 6.61 Å². The van der Waals surface area contributed by atoms with Crippen molar-refractivity contribution in [2.75, 3.05) is 25.1 Å². The van der Waals surface area contributed by atoms with Crippen LogP contribution in [0.4, 0.5) is 5.00 Å². The molecule has 8 nitrogen and oxygen atoms in total. The zero-order valence-electron chi connectivity index (χ0n) is 15.4. The van der Waals surface area contributed by atoms with Crippen LogP contribution in [0.2, 0.25) is 0 Å². The second-order valence-corrected chi connectivity index (χ2v) is 7.54. The topological polar surface area (TPSA) is 111 Å². The number of carbonyl (C=O) groups is 4. The second kappa shape index (κ2) is 10.6. The maximum absolute atomic E-state index is 11.9. The molecule has 0 aliphatic rings. The van der Waals surface area contributed by atoms with Crippen molar-refractivity contribution in [1.29, 1.82) is 0 Å². The lowest BCUT2D eigenvalue weighted by Crippen LogP contribution is -2.27. The number of hydrogen-bond donors (Lipinski definition) is 2. The first-order chi connectivity index (χ1) is 13.4. The van der Waals surface area contributed by atoms with Crippen LogP contribution in [0.15, 0.2) is 23.6 Å². The van der Waals surface area contributed by atoms with Gasteiger partial charge in [0.05, 0.1) is 22.9 Å². The third-order valence-electron chi connectivity index (χ3n) is 3.37. The Labute approximate surface area is 169 Å². The standard InChI is InChI=1S/C18H20N2O6S2/c1-3-25-18(24)16-11(2)9-14(28-16)20-13(21)10-26-15(22)6-7-19-17(23)12-5-4-8-27-12/h4-5,8-9H,3,6-7,10H2,1-2H3,(H,19,23)(H,20,21). The van der Waals surface area contributed by atoms with E-state index >= 15 is 0 Å². The van der Waals surface area contributed by atoms with Crippen LogP contribution < -0.4 is 10.6 Å². The van der Waals surface area contributed by atoms with Crippen molar-refractivity contribution < 1.29 is 28.7 Å². The molecule has 0 radical (unpaired) electrons. The van der Waals surface area contributed by atoms with Crippen LogP contribution in [-0.4, -0.2) is 43.5 Å². The van der Waals surface area contributed by atoms with E-state index in [2.05, 4.69) is 10.6 Å². The van der Waals surface area contributed by atoms with E-state index in [-0.39, 0.29) is 25.5 Å². The minimum atomic E-state index is -0.601. The van der Waals surface area contributed by atoms with Gasteiger partial charge >= 0.3 is 11.9 Å². The molecule has 28 heavy (non-hydrogen) atoms. The number of aryl methyl sites for hydroxylation is 1. The van der Waals surface area contributed by atoms with E-state index in [1.807, 2.05) is 0 Å². The SMILES string of the molecule is CCOC(=O)c1sc(NC(=O)COC(=O)CCNC(=O)c2cccs2)cc1C. The van der Waals surface area contributed by atoms with Crippen molar-refractivity contribution in [3.05, 3.63) is 38.9 Å². The van der Waals surface area contributed by atoms with E-state index in [0.717, 1.165) is 11.3 Å². The Balaban J connectivity index is 1.70. The molecule has 2 N–H and O–H groups in total. The molecule has 2 heterocycles. The van der Waals surface area contributed by atoms with Crippen molar-refractivity contribution in [1.82, 2.24) is 5.32 Å². The third kappa shape index (κ3) is 6.46. The number of rotatable bonds is 9. The molecule has 2 aromatic rings. The van der Waals surface area contributed by atoms with Gasteiger partial charge in [0, 0.05) is 6.54 Å². The summed E-state index contributed by atoms with van der Waals surface area (Å²) in [7, 11) is 0. The summed E-state index contributed by atoms with van der Waals surface area (Å²) in [6, 6.07) is 5.09. The summed E-state index contributed by atoms with van der Waals surface area (Å²) in [5.74, 6) is -1.82. The Morgan fingerprint density at radius 2 is 1.96 bits per heavy atom. The normalized spacial score (nSPS) is 10.2. The average Bonchev–Trinajstić information content (AvgIpc) is 3.30. The first kappa shape index (κ1) is 21.6. The minimum absolute atomic E-state index is 0.0461. The zero-order valence-corrected chi connectivity index (χ0v) is 17.0. The number of esters is 2. The smallest absolute Gasteiger partial charge is 0.348 e. The Kier molecular flexibility index (Phi) is 8.15. The maximum atomic E-state index is 11.9. The van der Waals surface area contributed by atoms with Gasteiger partial charge in [-0.1, -0.05) is 6.07 Å². The van der Waals surface area contributed by atoms with Gasteiger partial charge in [-0.05, 0) is 36.9 Å². The molecule has 0 saturated carbocycles.